The number of rotatable bonds is 0. The van der Waals surface area contributed by atoms with Crippen molar-refractivity contribution in [1.82, 2.24) is 4.90 Å². The van der Waals surface area contributed by atoms with E-state index in [0.29, 0.717) is 6.04 Å². The van der Waals surface area contributed by atoms with Gasteiger partial charge in [-0.05, 0) is 32.4 Å². The van der Waals surface area contributed by atoms with Crippen LogP contribution in [0.5, 0.6) is 0 Å². The lowest BCUT2D eigenvalue weighted by atomic mass is 10.1. The predicted molar refractivity (Wildman–Crippen MR) is 56.0 cm³/mol. The fraction of sp³-hybridized carbons (Fsp3) is 0.333. The van der Waals surface area contributed by atoms with Crippen LogP contribution >= 0.6 is 0 Å². The summed E-state index contributed by atoms with van der Waals surface area (Å²) in [7, 11) is 0. The topological polar surface area (TPSA) is 3.24 Å². The maximum absolute atomic E-state index is 2.33. The number of hydrogen-bond donors (Lipinski definition) is 0. The van der Waals surface area contributed by atoms with Crippen LogP contribution in [0.3, 0.4) is 0 Å². The Balaban J connectivity index is 2.29. The van der Waals surface area contributed by atoms with Crippen LogP contribution in [0.1, 0.15) is 20.3 Å². The van der Waals surface area contributed by atoms with Crippen molar-refractivity contribution < 1.29 is 0 Å². The number of allylic oxidation sites excluding steroid dienone is 5. The van der Waals surface area contributed by atoms with Gasteiger partial charge in [-0.2, -0.15) is 0 Å². The molecule has 0 N–H and O–H groups in total. The highest BCUT2D eigenvalue weighted by Crippen LogP contribution is 2.22. The van der Waals surface area contributed by atoms with E-state index in [4.69, 9.17) is 0 Å². The molecule has 2 rings (SSSR count). The summed E-state index contributed by atoms with van der Waals surface area (Å²) in [5, 5.41) is 0. The summed E-state index contributed by atoms with van der Waals surface area (Å²) in [6.07, 6.45) is 14.3. The third-order valence-electron chi connectivity index (χ3n) is 2.61. The molecule has 13 heavy (non-hydrogen) atoms. The summed E-state index contributed by atoms with van der Waals surface area (Å²) in [4.78, 5) is 2.33. The van der Waals surface area contributed by atoms with E-state index in [-0.39, 0.29) is 0 Å². The van der Waals surface area contributed by atoms with Gasteiger partial charge in [0, 0.05) is 11.9 Å². The van der Waals surface area contributed by atoms with Crippen LogP contribution in [0.4, 0.5) is 0 Å². The van der Waals surface area contributed by atoms with Crippen molar-refractivity contribution >= 4 is 0 Å². The Hall–Kier alpha value is -1.24. The van der Waals surface area contributed by atoms with Gasteiger partial charge in [0.05, 0.1) is 6.04 Å². The molecule has 1 unspecified atom stereocenters. The van der Waals surface area contributed by atoms with Crippen LogP contribution in [0.15, 0.2) is 47.9 Å². The van der Waals surface area contributed by atoms with Gasteiger partial charge in [-0.15, -0.1) is 0 Å². The molecule has 1 nitrogen and oxygen atoms in total. The van der Waals surface area contributed by atoms with Crippen LogP contribution < -0.4 is 0 Å². The monoisotopic (exact) mass is 173 g/mol. The molecule has 2 aliphatic rings. The molecule has 0 aliphatic carbocycles. The average molecular weight is 173 g/mol. The first-order valence-electron chi connectivity index (χ1n) is 4.76. The van der Waals surface area contributed by atoms with Gasteiger partial charge in [0.1, 0.15) is 0 Å². The molecule has 0 bridgehead atoms. The van der Waals surface area contributed by atoms with Crippen LogP contribution in [-0.4, -0.2) is 10.9 Å². The minimum atomic E-state index is 0.527. The molecule has 2 aliphatic heterocycles. The van der Waals surface area contributed by atoms with Gasteiger partial charge in [-0.3, -0.25) is 0 Å². The molecule has 2 heterocycles. The van der Waals surface area contributed by atoms with Gasteiger partial charge in [-0.25, -0.2) is 0 Å². The first-order chi connectivity index (χ1) is 6.27. The van der Waals surface area contributed by atoms with Crippen molar-refractivity contribution in [1.29, 1.82) is 0 Å². The second-order valence-electron chi connectivity index (χ2n) is 3.67. The van der Waals surface area contributed by atoms with Crippen molar-refractivity contribution in [3.63, 3.8) is 0 Å². The molecule has 0 aromatic carbocycles. The quantitative estimate of drug-likeness (QED) is 0.544. The second kappa shape index (κ2) is 3.25. The van der Waals surface area contributed by atoms with E-state index < -0.39 is 0 Å². The summed E-state index contributed by atoms with van der Waals surface area (Å²) in [5.74, 6) is 0. The van der Waals surface area contributed by atoms with Crippen molar-refractivity contribution in [3.05, 3.63) is 47.9 Å². The van der Waals surface area contributed by atoms with E-state index in [1.165, 1.54) is 11.3 Å². The Labute approximate surface area is 79.7 Å². The number of nitrogens with zero attached hydrogens (tertiary/aromatic N) is 1. The van der Waals surface area contributed by atoms with E-state index >= 15 is 0 Å². The van der Waals surface area contributed by atoms with Crippen LogP contribution in [0.2, 0.25) is 0 Å². The highest BCUT2D eigenvalue weighted by molar-refractivity contribution is 5.28. The molecule has 0 aromatic heterocycles. The largest absolute Gasteiger partial charge is 0.345 e. The van der Waals surface area contributed by atoms with Gasteiger partial charge in [0.2, 0.25) is 0 Å². The van der Waals surface area contributed by atoms with E-state index in [9.17, 15) is 0 Å². The van der Waals surface area contributed by atoms with Crippen molar-refractivity contribution in [3.8, 4) is 0 Å². The molecule has 1 atom stereocenters. The Morgan fingerprint density at radius 2 is 2.23 bits per heavy atom. The lowest BCUT2D eigenvalue weighted by Crippen LogP contribution is -2.28. The fourth-order valence-electron chi connectivity index (χ4n) is 1.76. The summed E-state index contributed by atoms with van der Waals surface area (Å²) >= 11 is 0. The maximum Gasteiger partial charge on any atom is 0.0550 e. The Morgan fingerprint density at radius 3 is 3.08 bits per heavy atom. The predicted octanol–water partition coefficient (Wildman–Crippen LogP) is 2.99. The third kappa shape index (κ3) is 1.59. The average Bonchev–Trinajstić information content (AvgIpc) is 2.30. The standard InChI is InChI=1S/C12H15N/c1-10-6-7-12-5-3-4-11(2)13(12)9-8-10/h3-6,8-9,12H,7H2,1-2H3. The van der Waals surface area contributed by atoms with Crippen molar-refractivity contribution in [2.24, 2.45) is 0 Å². The van der Waals surface area contributed by atoms with Gasteiger partial charge >= 0.3 is 0 Å². The molecular weight excluding hydrogens is 158 g/mol. The molecule has 0 amide bonds. The van der Waals surface area contributed by atoms with Crippen LogP contribution in [0, 0.1) is 0 Å². The summed E-state index contributed by atoms with van der Waals surface area (Å²) in [6, 6.07) is 0.527. The number of hydrogen-bond acceptors (Lipinski definition) is 1. The van der Waals surface area contributed by atoms with Gasteiger partial charge in [0.25, 0.3) is 0 Å². The second-order valence-corrected chi connectivity index (χ2v) is 3.67. The van der Waals surface area contributed by atoms with Gasteiger partial charge in [0.15, 0.2) is 0 Å². The molecule has 0 spiro atoms. The highest BCUT2D eigenvalue weighted by atomic mass is 15.1. The maximum atomic E-state index is 2.33. The Morgan fingerprint density at radius 1 is 1.38 bits per heavy atom. The summed E-state index contributed by atoms with van der Waals surface area (Å²) in [5.41, 5.74) is 2.68. The lowest BCUT2D eigenvalue weighted by Gasteiger charge is -2.29. The molecule has 0 aromatic rings. The summed E-state index contributed by atoms with van der Waals surface area (Å²) < 4.78 is 0. The van der Waals surface area contributed by atoms with E-state index in [0.717, 1.165) is 6.42 Å². The van der Waals surface area contributed by atoms with Crippen LogP contribution in [0.25, 0.3) is 0 Å². The number of fused-ring (bicyclic) bond motifs is 1. The normalized spacial score (nSPS) is 26.3. The van der Waals surface area contributed by atoms with E-state index in [1.807, 2.05) is 0 Å². The zero-order valence-electron chi connectivity index (χ0n) is 8.20. The van der Waals surface area contributed by atoms with Gasteiger partial charge in [-0.1, -0.05) is 23.8 Å². The first-order valence-corrected chi connectivity index (χ1v) is 4.76. The third-order valence-corrected chi connectivity index (χ3v) is 2.61. The summed E-state index contributed by atoms with van der Waals surface area (Å²) in [6.45, 7) is 4.30. The molecule has 0 fully saturated rings. The minimum Gasteiger partial charge on any atom is -0.345 e. The Bertz CT molecular complexity index is 318. The SMILES string of the molecule is CC1=CCC2C=CC=C(C)N2C=C1. The van der Waals surface area contributed by atoms with E-state index in [2.05, 4.69) is 55.3 Å². The first kappa shape index (κ1) is 8.36. The Kier molecular flexibility index (Phi) is 2.09. The lowest BCUT2D eigenvalue weighted by molar-refractivity contribution is 0.393. The van der Waals surface area contributed by atoms with Crippen LogP contribution in [-0.2, 0) is 0 Å². The zero-order valence-corrected chi connectivity index (χ0v) is 8.20. The molecule has 0 saturated heterocycles. The molecular formula is C12H15N. The smallest absolute Gasteiger partial charge is 0.0550 e. The fourth-order valence-corrected chi connectivity index (χ4v) is 1.76. The zero-order chi connectivity index (χ0) is 9.26. The highest BCUT2D eigenvalue weighted by Gasteiger charge is 2.16. The van der Waals surface area contributed by atoms with Crippen molar-refractivity contribution in [2.75, 3.05) is 0 Å². The molecule has 1 heteroatoms. The van der Waals surface area contributed by atoms with Gasteiger partial charge < -0.3 is 4.90 Å². The molecule has 0 radical (unpaired) electrons. The van der Waals surface area contributed by atoms with E-state index in [1.54, 1.807) is 0 Å². The minimum absolute atomic E-state index is 0.527. The molecule has 0 saturated carbocycles. The molecule has 68 valence electrons. The van der Waals surface area contributed by atoms with Crippen molar-refractivity contribution in [2.45, 2.75) is 26.3 Å².